The fraction of sp³-hybridized carbons (Fsp3) is 0.476. The number of hydrogen-bond donors (Lipinski definition) is 3. The van der Waals surface area contributed by atoms with Crippen LogP contribution in [0.4, 0.5) is 5.69 Å². The molecule has 28 heavy (non-hydrogen) atoms. The van der Waals surface area contributed by atoms with Gasteiger partial charge in [-0.3, -0.25) is 9.69 Å². The SMILES string of the molecule is N/C(=C\C=C(/N)N1CCC(CN2CCN(c3ccccc3)CC2)CC1)NC=O. The Morgan fingerprint density at radius 1 is 1.00 bits per heavy atom. The lowest BCUT2D eigenvalue weighted by atomic mass is 9.96. The lowest BCUT2D eigenvalue weighted by molar-refractivity contribution is -0.108. The number of hydrogen-bond acceptors (Lipinski definition) is 6. The van der Waals surface area contributed by atoms with E-state index in [1.54, 1.807) is 12.2 Å². The highest BCUT2D eigenvalue weighted by atomic mass is 16.1. The van der Waals surface area contributed by atoms with Gasteiger partial charge in [-0.15, -0.1) is 0 Å². The summed E-state index contributed by atoms with van der Waals surface area (Å²) in [5.74, 6) is 1.72. The number of carbonyl (C=O) groups is 1. The van der Waals surface area contributed by atoms with Crippen LogP contribution in [0.15, 0.2) is 54.1 Å². The van der Waals surface area contributed by atoms with Gasteiger partial charge in [0.15, 0.2) is 0 Å². The summed E-state index contributed by atoms with van der Waals surface area (Å²) in [5.41, 5.74) is 13.1. The molecule has 0 aliphatic carbocycles. The Balaban J connectivity index is 1.40. The van der Waals surface area contributed by atoms with Gasteiger partial charge in [0.2, 0.25) is 6.41 Å². The van der Waals surface area contributed by atoms with E-state index in [1.807, 2.05) is 0 Å². The number of nitrogens with zero attached hydrogens (tertiary/aromatic N) is 3. The van der Waals surface area contributed by atoms with Crippen molar-refractivity contribution in [3.8, 4) is 0 Å². The molecule has 0 atom stereocenters. The Morgan fingerprint density at radius 3 is 2.32 bits per heavy atom. The topological polar surface area (TPSA) is 90.9 Å². The molecule has 0 spiro atoms. The predicted octanol–water partition coefficient (Wildman–Crippen LogP) is 0.867. The second kappa shape index (κ2) is 10.0. The average molecular weight is 385 g/mol. The minimum atomic E-state index is 0.294. The van der Waals surface area contributed by atoms with Crippen LogP contribution in [0.25, 0.3) is 0 Å². The van der Waals surface area contributed by atoms with E-state index in [0.717, 1.165) is 58.0 Å². The maximum Gasteiger partial charge on any atom is 0.212 e. The van der Waals surface area contributed by atoms with Crippen LogP contribution in [-0.4, -0.2) is 62.0 Å². The molecule has 7 nitrogen and oxygen atoms in total. The fourth-order valence-corrected chi connectivity index (χ4v) is 3.96. The van der Waals surface area contributed by atoms with Crippen LogP contribution in [0.5, 0.6) is 0 Å². The summed E-state index contributed by atoms with van der Waals surface area (Å²) in [6.07, 6.45) is 6.25. The molecule has 0 aromatic heterocycles. The van der Waals surface area contributed by atoms with Gasteiger partial charge in [0.25, 0.3) is 0 Å². The highest BCUT2D eigenvalue weighted by Gasteiger charge is 2.24. The number of piperazine rings is 1. The van der Waals surface area contributed by atoms with E-state index < -0.39 is 0 Å². The molecule has 152 valence electrons. The monoisotopic (exact) mass is 384 g/mol. The normalized spacial score (nSPS) is 20.3. The second-order valence-corrected chi connectivity index (χ2v) is 7.53. The molecule has 2 aliphatic heterocycles. The van der Waals surface area contributed by atoms with E-state index in [4.69, 9.17) is 11.5 Å². The third kappa shape index (κ3) is 5.66. The van der Waals surface area contributed by atoms with Gasteiger partial charge < -0.3 is 26.6 Å². The van der Waals surface area contributed by atoms with Gasteiger partial charge in [-0.1, -0.05) is 18.2 Å². The zero-order valence-corrected chi connectivity index (χ0v) is 16.5. The number of likely N-dealkylation sites (tertiary alicyclic amines) is 1. The number of nitrogens with one attached hydrogen (secondary N) is 1. The largest absolute Gasteiger partial charge is 0.385 e. The minimum Gasteiger partial charge on any atom is -0.385 e. The number of anilines is 1. The van der Waals surface area contributed by atoms with E-state index in [-0.39, 0.29) is 0 Å². The number of nitrogens with two attached hydrogens (primary N) is 2. The number of piperidine rings is 1. The summed E-state index contributed by atoms with van der Waals surface area (Å²) < 4.78 is 0. The first-order chi connectivity index (χ1) is 13.7. The lowest BCUT2D eigenvalue weighted by Crippen LogP contribution is -2.49. The molecule has 1 aromatic rings. The van der Waals surface area contributed by atoms with Crippen molar-refractivity contribution in [3.63, 3.8) is 0 Å². The Labute approximate surface area is 167 Å². The first kappa shape index (κ1) is 20.1. The predicted molar refractivity (Wildman–Crippen MR) is 113 cm³/mol. The van der Waals surface area contributed by atoms with Crippen molar-refractivity contribution in [3.05, 3.63) is 54.1 Å². The van der Waals surface area contributed by atoms with Gasteiger partial charge in [0.05, 0.1) is 5.82 Å². The number of benzene rings is 1. The summed E-state index contributed by atoms with van der Waals surface area (Å²) in [5, 5.41) is 2.40. The van der Waals surface area contributed by atoms with Gasteiger partial charge in [-0.25, -0.2) is 0 Å². The van der Waals surface area contributed by atoms with Gasteiger partial charge in [0.1, 0.15) is 5.82 Å². The number of allylic oxidation sites excluding steroid dienone is 2. The number of para-hydroxylation sites is 1. The standard InChI is InChI=1S/C21H32N6O/c22-20(24-17-28)6-7-21(23)27-10-8-18(9-11-27)16-25-12-14-26(15-13-25)19-4-2-1-3-5-19/h1-7,17-18H,8-16,22-23H2,(H,24,28)/b20-6+,21-7+. The van der Waals surface area contributed by atoms with Crippen LogP contribution < -0.4 is 21.7 Å². The highest BCUT2D eigenvalue weighted by Crippen LogP contribution is 2.22. The van der Waals surface area contributed by atoms with Crippen molar-refractivity contribution >= 4 is 12.1 Å². The van der Waals surface area contributed by atoms with Crippen molar-refractivity contribution in [2.24, 2.45) is 17.4 Å². The van der Waals surface area contributed by atoms with Crippen molar-refractivity contribution in [1.82, 2.24) is 15.1 Å². The van der Waals surface area contributed by atoms with E-state index in [9.17, 15) is 4.79 Å². The average Bonchev–Trinajstić information content (AvgIpc) is 2.74. The summed E-state index contributed by atoms with van der Waals surface area (Å²) >= 11 is 0. The smallest absolute Gasteiger partial charge is 0.212 e. The van der Waals surface area contributed by atoms with Gasteiger partial charge in [-0.05, 0) is 43.0 Å². The van der Waals surface area contributed by atoms with Crippen molar-refractivity contribution in [1.29, 1.82) is 0 Å². The van der Waals surface area contributed by atoms with Gasteiger partial charge in [0, 0.05) is 51.5 Å². The summed E-state index contributed by atoms with van der Waals surface area (Å²) in [6, 6.07) is 10.7. The first-order valence-electron chi connectivity index (χ1n) is 10.1. The zero-order chi connectivity index (χ0) is 19.8. The molecule has 0 radical (unpaired) electrons. The van der Waals surface area contributed by atoms with E-state index in [0.29, 0.717) is 18.1 Å². The molecule has 2 heterocycles. The number of rotatable bonds is 7. The fourth-order valence-electron chi connectivity index (χ4n) is 3.96. The molecule has 2 saturated heterocycles. The molecule has 7 heteroatoms. The summed E-state index contributed by atoms with van der Waals surface area (Å²) in [4.78, 5) is 17.6. The van der Waals surface area contributed by atoms with E-state index in [1.165, 1.54) is 12.2 Å². The first-order valence-corrected chi connectivity index (χ1v) is 10.1. The molecular weight excluding hydrogens is 352 g/mol. The molecule has 1 aromatic carbocycles. The van der Waals surface area contributed by atoms with Crippen LogP contribution in [-0.2, 0) is 4.79 Å². The lowest BCUT2D eigenvalue weighted by Gasteiger charge is -2.40. The Bertz CT molecular complexity index is 673. The molecule has 0 saturated carbocycles. The van der Waals surface area contributed by atoms with Crippen molar-refractivity contribution < 1.29 is 4.79 Å². The Hall–Kier alpha value is -2.67. The molecule has 0 bridgehead atoms. The second-order valence-electron chi connectivity index (χ2n) is 7.53. The Morgan fingerprint density at radius 2 is 1.68 bits per heavy atom. The van der Waals surface area contributed by atoms with Crippen LogP contribution in [0.3, 0.4) is 0 Å². The van der Waals surface area contributed by atoms with E-state index in [2.05, 4.69) is 50.3 Å². The van der Waals surface area contributed by atoms with E-state index >= 15 is 0 Å². The maximum absolute atomic E-state index is 10.4. The van der Waals surface area contributed by atoms with Crippen LogP contribution in [0, 0.1) is 5.92 Å². The molecular formula is C21H32N6O. The molecule has 1 amide bonds. The Kier molecular flexibility index (Phi) is 7.19. The van der Waals surface area contributed by atoms with Gasteiger partial charge in [-0.2, -0.15) is 0 Å². The van der Waals surface area contributed by atoms with Crippen LogP contribution in [0.1, 0.15) is 12.8 Å². The summed E-state index contributed by atoms with van der Waals surface area (Å²) in [7, 11) is 0. The minimum absolute atomic E-state index is 0.294. The zero-order valence-electron chi connectivity index (χ0n) is 16.5. The highest BCUT2D eigenvalue weighted by molar-refractivity contribution is 5.49. The van der Waals surface area contributed by atoms with Crippen LogP contribution >= 0.6 is 0 Å². The quantitative estimate of drug-likeness (QED) is 0.477. The molecule has 3 rings (SSSR count). The summed E-state index contributed by atoms with van der Waals surface area (Å²) in [6.45, 7) is 7.56. The molecule has 5 N–H and O–H groups in total. The molecule has 0 unspecified atom stereocenters. The van der Waals surface area contributed by atoms with Crippen molar-refractivity contribution in [2.75, 3.05) is 50.7 Å². The van der Waals surface area contributed by atoms with Gasteiger partial charge >= 0.3 is 0 Å². The third-order valence-electron chi connectivity index (χ3n) is 5.65. The maximum atomic E-state index is 10.4. The molecule has 2 aliphatic rings. The molecule has 2 fully saturated rings. The third-order valence-corrected chi connectivity index (χ3v) is 5.65. The van der Waals surface area contributed by atoms with Crippen molar-refractivity contribution in [2.45, 2.75) is 12.8 Å². The number of amides is 1. The van der Waals surface area contributed by atoms with Crippen LogP contribution in [0.2, 0.25) is 0 Å². The number of carbonyl (C=O) groups excluding carboxylic acids is 1.